The van der Waals surface area contributed by atoms with E-state index in [2.05, 4.69) is 132 Å². The molecular formula is C54H70O10. The van der Waals surface area contributed by atoms with E-state index in [1.54, 1.807) is 0 Å². The Labute approximate surface area is 380 Å². The van der Waals surface area contributed by atoms with Crippen molar-refractivity contribution in [1.29, 1.82) is 0 Å². The van der Waals surface area contributed by atoms with E-state index in [1.807, 2.05) is 0 Å². The van der Waals surface area contributed by atoms with Gasteiger partial charge in [0, 0.05) is 25.7 Å². The maximum absolute atomic E-state index is 12.3. The Morgan fingerprint density at radius 2 is 0.656 bits per heavy atom. The summed E-state index contributed by atoms with van der Waals surface area (Å²) in [5.74, 6) is 0.261. The van der Waals surface area contributed by atoms with Crippen molar-refractivity contribution >= 4 is 11.9 Å². The van der Waals surface area contributed by atoms with Crippen molar-refractivity contribution in [3.8, 4) is 23.0 Å². The molecular weight excluding hydrogens is 809 g/mol. The molecule has 10 nitrogen and oxygen atoms in total. The third kappa shape index (κ3) is 12.0. The number of fused-ring (bicyclic) bond motifs is 4. The zero-order valence-electron chi connectivity index (χ0n) is 40.3. The van der Waals surface area contributed by atoms with Gasteiger partial charge in [0.1, 0.15) is 36.2 Å². The van der Waals surface area contributed by atoms with Crippen molar-refractivity contribution in [3.05, 3.63) is 115 Å². The van der Waals surface area contributed by atoms with Crippen LogP contribution in [0.4, 0.5) is 0 Å². The second kappa shape index (κ2) is 19.2. The highest BCUT2D eigenvalue weighted by Gasteiger charge is 2.30. The van der Waals surface area contributed by atoms with Crippen LogP contribution in [0.3, 0.4) is 0 Å². The Kier molecular flexibility index (Phi) is 14.5. The van der Waals surface area contributed by atoms with Gasteiger partial charge in [-0.25, -0.2) is 9.59 Å². The van der Waals surface area contributed by atoms with Gasteiger partial charge < -0.3 is 38.6 Å². The molecule has 1 aliphatic carbocycles. The maximum Gasteiger partial charge on any atom is 0.341 e. The number of ether oxygens (including phenoxy) is 6. The van der Waals surface area contributed by atoms with Crippen LogP contribution in [0.1, 0.15) is 150 Å². The van der Waals surface area contributed by atoms with Crippen molar-refractivity contribution in [2.75, 3.05) is 52.9 Å². The van der Waals surface area contributed by atoms with Crippen LogP contribution in [0, 0.1) is 0 Å². The number of aliphatic carboxylic acids is 2. The SMILES string of the molecule is CC(C)(C)c1cc2c3c(c1)Cc1cc(C(C)(C)C)cc(c1OCC(=O)O)Cc1cc(C(C)(C)C)cc(c1OCC(=O)O)Cc1cc(C(C)(C)C)cc(c1OCCOCCOCCO3)C2. The summed E-state index contributed by atoms with van der Waals surface area (Å²) < 4.78 is 38.5. The van der Waals surface area contributed by atoms with E-state index in [4.69, 9.17) is 28.4 Å². The van der Waals surface area contributed by atoms with Gasteiger partial charge in [0.15, 0.2) is 13.2 Å². The van der Waals surface area contributed by atoms with E-state index in [9.17, 15) is 19.8 Å². The summed E-state index contributed by atoms with van der Waals surface area (Å²) in [5.41, 5.74) is 10.3. The van der Waals surface area contributed by atoms with Crippen molar-refractivity contribution in [3.63, 3.8) is 0 Å². The number of carboxylic acid groups (broad SMARTS) is 2. The van der Waals surface area contributed by atoms with Gasteiger partial charge in [-0.05, 0) is 88.4 Å². The molecule has 0 radical (unpaired) electrons. The molecule has 4 aromatic carbocycles. The van der Waals surface area contributed by atoms with E-state index in [-0.39, 0.29) is 28.1 Å². The molecule has 0 spiro atoms. The van der Waals surface area contributed by atoms with Crippen LogP contribution in [0.2, 0.25) is 0 Å². The fraction of sp³-hybridized carbons (Fsp3) is 0.519. The minimum absolute atomic E-state index is 0.235. The second-order valence-corrected chi connectivity index (χ2v) is 21.5. The topological polar surface area (TPSA) is 130 Å². The van der Waals surface area contributed by atoms with Gasteiger partial charge in [-0.2, -0.15) is 0 Å². The Morgan fingerprint density at radius 1 is 0.422 bits per heavy atom. The van der Waals surface area contributed by atoms with Crippen LogP contribution in [0.25, 0.3) is 0 Å². The van der Waals surface area contributed by atoms with Gasteiger partial charge in [0.25, 0.3) is 0 Å². The van der Waals surface area contributed by atoms with Crippen LogP contribution >= 0.6 is 0 Å². The molecule has 1 aliphatic heterocycles. The fourth-order valence-corrected chi connectivity index (χ4v) is 8.36. The first-order valence-electron chi connectivity index (χ1n) is 22.6. The van der Waals surface area contributed by atoms with E-state index >= 15 is 0 Å². The number of carbonyl (C=O) groups is 2. The molecule has 2 aliphatic rings. The van der Waals surface area contributed by atoms with E-state index in [0.29, 0.717) is 70.4 Å². The molecule has 2 N–H and O–H groups in total. The lowest BCUT2D eigenvalue weighted by molar-refractivity contribution is -0.140. The van der Waals surface area contributed by atoms with Crippen molar-refractivity contribution < 1.29 is 48.2 Å². The molecule has 0 saturated heterocycles. The highest BCUT2D eigenvalue weighted by Crippen LogP contribution is 2.44. The highest BCUT2D eigenvalue weighted by molar-refractivity contribution is 5.70. The Morgan fingerprint density at radius 3 is 0.922 bits per heavy atom. The molecule has 0 fully saturated rings. The van der Waals surface area contributed by atoms with E-state index < -0.39 is 25.2 Å². The predicted octanol–water partition coefficient (Wildman–Crippen LogP) is 10.3. The van der Waals surface area contributed by atoms with Crippen LogP contribution in [-0.2, 0) is 66.4 Å². The lowest BCUT2D eigenvalue weighted by atomic mass is 9.79. The molecule has 0 aromatic heterocycles. The third-order valence-corrected chi connectivity index (χ3v) is 12.0. The van der Waals surface area contributed by atoms with Gasteiger partial charge in [0.2, 0.25) is 0 Å². The number of benzene rings is 4. The molecule has 64 heavy (non-hydrogen) atoms. The molecule has 6 rings (SSSR count). The fourth-order valence-electron chi connectivity index (χ4n) is 8.36. The summed E-state index contributed by atoms with van der Waals surface area (Å²) in [6.45, 7) is 27.3. The first-order valence-corrected chi connectivity index (χ1v) is 22.6. The Balaban J connectivity index is 1.80. The second-order valence-electron chi connectivity index (χ2n) is 21.5. The molecule has 346 valence electrons. The Bertz CT molecular complexity index is 2180. The third-order valence-electron chi connectivity index (χ3n) is 12.0. The van der Waals surface area contributed by atoms with E-state index in [0.717, 1.165) is 78.3 Å². The average Bonchev–Trinajstić information content (AvgIpc) is 3.17. The zero-order valence-corrected chi connectivity index (χ0v) is 40.3. The van der Waals surface area contributed by atoms with Crippen LogP contribution < -0.4 is 18.9 Å². The van der Waals surface area contributed by atoms with Crippen LogP contribution in [0.5, 0.6) is 23.0 Å². The number of carboxylic acids is 2. The lowest BCUT2D eigenvalue weighted by Crippen LogP contribution is -2.19. The van der Waals surface area contributed by atoms with Crippen LogP contribution in [-0.4, -0.2) is 75.0 Å². The van der Waals surface area contributed by atoms with Crippen LogP contribution in [0.15, 0.2) is 48.5 Å². The molecule has 0 saturated carbocycles. The molecule has 4 aromatic rings. The molecule has 0 amide bonds. The minimum atomic E-state index is -1.09. The molecule has 0 atom stereocenters. The van der Waals surface area contributed by atoms with Gasteiger partial charge in [-0.15, -0.1) is 0 Å². The van der Waals surface area contributed by atoms with Crippen molar-refractivity contribution in [1.82, 2.24) is 0 Å². The molecule has 10 bridgehead atoms. The number of hydrogen-bond acceptors (Lipinski definition) is 8. The monoisotopic (exact) mass is 878 g/mol. The average molecular weight is 879 g/mol. The predicted molar refractivity (Wildman–Crippen MR) is 251 cm³/mol. The quantitative estimate of drug-likeness (QED) is 0.170. The first kappa shape index (κ1) is 48.4. The molecule has 0 unspecified atom stereocenters. The Hall–Kier alpha value is -5.06. The van der Waals surface area contributed by atoms with Gasteiger partial charge in [-0.1, -0.05) is 132 Å². The lowest BCUT2D eigenvalue weighted by Gasteiger charge is -2.29. The summed E-state index contributed by atoms with van der Waals surface area (Å²) >= 11 is 0. The van der Waals surface area contributed by atoms with Gasteiger partial charge in [-0.3, -0.25) is 0 Å². The summed E-state index contributed by atoms with van der Waals surface area (Å²) in [5, 5.41) is 20.1. The smallest absolute Gasteiger partial charge is 0.341 e. The highest BCUT2D eigenvalue weighted by atomic mass is 16.6. The zero-order chi connectivity index (χ0) is 46.8. The summed E-state index contributed by atoms with van der Waals surface area (Å²) in [7, 11) is 0. The largest absolute Gasteiger partial charge is 0.491 e. The van der Waals surface area contributed by atoms with Crippen molar-refractivity contribution in [2.45, 2.75) is 130 Å². The van der Waals surface area contributed by atoms with Gasteiger partial charge in [0.05, 0.1) is 26.4 Å². The van der Waals surface area contributed by atoms with Crippen molar-refractivity contribution in [2.24, 2.45) is 0 Å². The maximum atomic E-state index is 12.3. The summed E-state index contributed by atoms with van der Waals surface area (Å²) in [6, 6.07) is 17.4. The minimum Gasteiger partial charge on any atom is -0.491 e. The number of rotatable bonds is 6. The number of hydrogen-bond donors (Lipinski definition) is 2. The first-order chi connectivity index (χ1) is 29.9. The normalized spacial score (nSPS) is 15.4. The molecule has 1 heterocycles. The van der Waals surface area contributed by atoms with Gasteiger partial charge >= 0.3 is 11.9 Å². The van der Waals surface area contributed by atoms with E-state index in [1.165, 1.54) is 0 Å². The summed E-state index contributed by atoms with van der Waals surface area (Å²) in [6.07, 6.45) is 1.50. The summed E-state index contributed by atoms with van der Waals surface area (Å²) in [4.78, 5) is 24.6. The molecule has 10 heteroatoms. The standard InChI is InChI=1S/C54H70O10/c1-51(2,3)41-23-33-19-34-24-42(52(4,5)6)26-36-21-38-28-44(54(10,11)12)30-40(50(38)64-32-46(57)58)22-39-29-43(53(7,8)9)27-37(49(39)63-31-45(55)56)20-35(25-41)47(33)61-17-15-59-13-14-60-16-18-62-48(34)36/h23-30H,13-22,31-32H2,1-12H3,(H,55,56)(H,57,58).